The number of carbonyl (C=O) groups is 8. The Morgan fingerprint density at radius 1 is 1.01 bits per heavy atom. The second-order valence-corrected chi connectivity index (χ2v) is 25.4. The van der Waals surface area contributed by atoms with Gasteiger partial charge in [-0.1, -0.05) is 76.1 Å². The number of ether oxygens (including phenoxy) is 6. The third-order valence-electron chi connectivity index (χ3n) is 17.2. The molecule has 9 atom stereocenters. The molecule has 3 aliphatic rings. The van der Waals surface area contributed by atoms with Crippen LogP contribution in [0, 0.1) is 23.7 Å². The number of halogens is 1. The molecule has 21 nitrogen and oxygen atoms in total. The number of Topliss-reactive ketones (excluding diaryl/α,β-unsaturated/α-hetero) is 2. The Bertz CT molecular complexity index is 3090. The molecule has 4 heterocycles. The highest BCUT2D eigenvalue weighted by Gasteiger charge is 2.64. The summed E-state index contributed by atoms with van der Waals surface area (Å²) in [6.07, 6.45) is 4.25. The van der Waals surface area contributed by atoms with Crippen molar-refractivity contribution in [2.24, 2.45) is 29.4 Å². The number of amides is 5. The van der Waals surface area contributed by atoms with Crippen molar-refractivity contribution in [3.63, 3.8) is 0 Å². The summed E-state index contributed by atoms with van der Waals surface area (Å²) in [6, 6.07) is 10.2. The van der Waals surface area contributed by atoms with Gasteiger partial charge in [0.1, 0.15) is 51.7 Å². The first-order valence-electron chi connectivity index (χ1n) is 30.6. The van der Waals surface area contributed by atoms with E-state index in [-0.39, 0.29) is 85.9 Å². The SMILES string of the molecule is CCC(CC)C(=O)OC(C)(C)CCCCC(=O)C[C@H](C(=O)N[C@@H](CCCNC(N)=O)C(=O)Cc1ccc2cc(NC(=O)O[C@H]3CC(=O)N(C)c4cc(cc(OC)c4Cl)C/C(C)=C/C=C/[C@@H](OC)[C@]4(O)CC(=O)O[C@@H](C4)[C@@H](C)[C@@H]4O[C@@]34C)ccc2n1)C(C)C. The fraction of sp³-hybridized carbons (Fsp3) is 0.591. The minimum Gasteiger partial charge on any atom is -0.495 e. The van der Waals surface area contributed by atoms with Crippen LogP contribution in [0.3, 0.4) is 0 Å². The van der Waals surface area contributed by atoms with Crippen molar-refractivity contribution in [3.05, 3.63) is 82.5 Å². The Morgan fingerprint density at radius 2 is 1.74 bits per heavy atom. The van der Waals surface area contributed by atoms with Crippen molar-refractivity contribution in [2.75, 3.05) is 38.0 Å². The zero-order valence-electron chi connectivity index (χ0n) is 53.1. The Morgan fingerprint density at radius 3 is 2.41 bits per heavy atom. The van der Waals surface area contributed by atoms with Crippen LogP contribution in [-0.2, 0) is 65.3 Å². The number of nitrogens with two attached hydrogens (primary N) is 1. The fourth-order valence-corrected chi connectivity index (χ4v) is 12.1. The zero-order valence-corrected chi connectivity index (χ0v) is 53.8. The molecule has 3 aliphatic heterocycles. The van der Waals surface area contributed by atoms with E-state index in [0.717, 1.165) is 11.1 Å². The normalized spacial score (nSPS) is 24.0. The third kappa shape index (κ3) is 18.8. The molecule has 6 N–H and O–H groups in total. The zero-order chi connectivity index (χ0) is 64.8. The Kier molecular flexibility index (Phi) is 24.7. The molecular weight excluding hydrogens is 1150 g/mol. The molecule has 5 amide bonds. The van der Waals surface area contributed by atoms with Gasteiger partial charge >= 0.3 is 24.1 Å². The van der Waals surface area contributed by atoms with Crippen molar-refractivity contribution in [1.82, 2.24) is 15.6 Å². The van der Waals surface area contributed by atoms with Gasteiger partial charge in [-0.25, -0.2) is 9.59 Å². The van der Waals surface area contributed by atoms with E-state index in [1.807, 2.05) is 61.5 Å². The fourth-order valence-electron chi connectivity index (χ4n) is 11.8. The summed E-state index contributed by atoms with van der Waals surface area (Å²) in [5.74, 6) is -3.51. The average Bonchev–Trinajstić information content (AvgIpc) is 1.72. The highest BCUT2D eigenvalue weighted by atomic mass is 35.5. The van der Waals surface area contributed by atoms with Gasteiger partial charge in [-0.15, -0.1) is 0 Å². The predicted octanol–water partition coefficient (Wildman–Crippen LogP) is 9.77. The standard InChI is InChI=1S/C66H91ClN6O15/c1-13-42(14-2)61(79)88-64(7,8)27-16-15-20-46(74)34-47(38(3)4)60(78)72-49(21-18-28-69-62(68)80)51(75)33-45-24-23-43-32-44(25-26-48(43)70-45)71-63(81)86-55-35-56(76)73(10)50-30-41(31-52(83-11)58(50)67)29-39(5)19-17-22-54(84-12)66(82)36-53(85-57(77)37-66)40(6)59-65(55,9)87-59/h17,19,22-26,30-32,38,40,42,47,49,53-55,59,82H,13-16,18,20-21,27-29,33-37H2,1-12H3,(H,71,81)(H,72,78)(H3,68,69,80)/b22-17+,39-19+/t40-,47+,49+,53+,54-,55+,59+,65+,66-/m1/s1. The number of allylic oxidation sites excluding steroid dienone is 3. The average molecular weight is 1240 g/mol. The number of aromatic nitrogens is 1. The molecule has 88 heavy (non-hydrogen) atoms. The summed E-state index contributed by atoms with van der Waals surface area (Å²) in [5.41, 5.74) is 4.95. The van der Waals surface area contributed by atoms with E-state index in [0.29, 0.717) is 78.7 Å². The van der Waals surface area contributed by atoms with Crippen LogP contribution in [0.5, 0.6) is 5.75 Å². The number of fused-ring (bicyclic) bond motifs is 6. The van der Waals surface area contributed by atoms with E-state index in [2.05, 4.69) is 16.0 Å². The number of methoxy groups -OCH3 is 2. The summed E-state index contributed by atoms with van der Waals surface area (Å²) in [6.45, 7) is 16.9. The topological polar surface area (TPSA) is 294 Å². The van der Waals surface area contributed by atoms with Crippen molar-refractivity contribution in [2.45, 2.75) is 199 Å². The molecule has 4 bridgehead atoms. The first-order valence-corrected chi connectivity index (χ1v) is 31.0. The molecule has 0 aliphatic carbocycles. The van der Waals surface area contributed by atoms with Crippen molar-refractivity contribution < 1.29 is 71.9 Å². The maximum Gasteiger partial charge on any atom is 0.412 e. The second kappa shape index (κ2) is 31.0. The van der Waals surface area contributed by atoms with Crippen LogP contribution in [0.1, 0.15) is 151 Å². The molecule has 2 aromatic carbocycles. The number of carbonyl (C=O) groups excluding carboxylic acids is 8. The van der Waals surface area contributed by atoms with E-state index in [1.54, 1.807) is 68.6 Å². The minimum atomic E-state index is -1.64. The molecule has 0 radical (unpaired) electrons. The van der Waals surface area contributed by atoms with E-state index in [9.17, 15) is 43.5 Å². The van der Waals surface area contributed by atoms with Crippen LogP contribution in [0.4, 0.5) is 21.0 Å². The lowest BCUT2D eigenvalue weighted by atomic mass is 9.78. The van der Waals surface area contributed by atoms with Crippen molar-refractivity contribution in [1.29, 1.82) is 0 Å². The van der Waals surface area contributed by atoms with Gasteiger partial charge < -0.3 is 54.8 Å². The third-order valence-corrected chi connectivity index (χ3v) is 17.6. The van der Waals surface area contributed by atoms with E-state index in [1.165, 1.54) is 19.1 Å². The smallest absolute Gasteiger partial charge is 0.412 e. The van der Waals surface area contributed by atoms with Crippen LogP contribution < -0.4 is 31.3 Å². The quantitative estimate of drug-likeness (QED) is 0.0228. The number of epoxide rings is 1. The second-order valence-electron chi connectivity index (χ2n) is 25.0. The van der Waals surface area contributed by atoms with E-state index < -0.39 is 89.0 Å². The minimum absolute atomic E-state index is 0.0110. The molecule has 2 saturated heterocycles. The number of aliphatic hydroxyl groups is 1. The van der Waals surface area contributed by atoms with Crippen LogP contribution >= 0.6 is 11.6 Å². The number of ketones is 2. The highest BCUT2D eigenvalue weighted by Crippen LogP contribution is 2.50. The predicted molar refractivity (Wildman–Crippen MR) is 334 cm³/mol. The van der Waals surface area contributed by atoms with Gasteiger partial charge in [-0.05, 0) is 127 Å². The van der Waals surface area contributed by atoms with E-state index in [4.69, 9.17) is 50.7 Å². The maximum atomic E-state index is 14.5. The molecule has 6 rings (SSSR count). The summed E-state index contributed by atoms with van der Waals surface area (Å²) in [5, 5.41) is 21.0. The number of pyridine rings is 1. The van der Waals surface area contributed by atoms with Crippen LogP contribution in [0.15, 0.2) is 66.3 Å². The lowest BCUT2D eigenvalue weighted by Crippen LogP contribution is -2.53. The Hall–Kier alpha value is -6.94. The molecule has 1 aromatic heterocycles. The number of unbranched alkanes of at least 4 members (excludes halogenated alkanes) is 1. The lowest BCUT2D eigenvalue weighted by molar-refractivity contribution is -0.187. The molecule has 0 saturated carbocycles. The van der Waals surface area contributed by atoms with Crippen LogP contribution in [0.2, 0.25) is 5.02 Å². The number of urea groups is 1. The van der Waals surface area contributed by atoms with Crippen LogP contribution in [0.25, 0.3) is 10.9 Å². The van der Waals surface area contributed by atoms with Crippen molar-refractivity contribution in [3.8, 4) is 5.75 Å². The number of benzene rings is 2. The summed E-state index contributed by atoms with van der Waals surface area (Å²) in [4.78, 5) is 113. The van der Waals surface area contributed by atoms with Crippen molar-refractivity contribution >= 4 is 81.3 Å². The molecule has 0 unspecified atom stereocenters. The number of hydrogen-bond acceptors (Lipinski definition) is 16. The summed E-state index contributed by atoms with van der Waals surface area (Å²) in [7, 11) is 4.50. The number of rotatable bonds is 25. The number of primary amides is 1. The monoisotopic (exact) mass is 1240 g/mol. The largest absolute Gasteiger partial charge is 0.495 e. The van der Waals surface area contributed by atoms with E-state index >= 15 is 0 Å². The Labute approximate surface area is 521 Å². The number of anilines is 2. The van der Waals surface area contributed by atoms with Gasteiger partial charge in [-0.3, -0.25) is 39.1 Å². The number of nitrogens with one attached hydrogen (secondary N) is 3. The maximum absolute atomic E-state index is 14.5. The molecule has 0 spiro atoms. The number of hydrogen-bond donors (Lipinski definition) is 5. The molecule has 3 aromatic rings. The lowest BCUT2D eigenvalue weighted by Gasteiger charge is -2.41. The number of nitrogens with zero attached hydrogens (tertiary/aromatic N) is 2. The summed E-state index contributed by atoms with van der Waals surface area (Å²) < 4.78 is 35.6. The molecule has 482 valence electrons. The Balaban J connectivity index is 1.16. The number of esters is 2. The highest BCUT2D eigenvalue weighted by molar-refractivity contribution is 6.35. The molecular formula is C66H91ClN6O15. The summed E-state index contributed by atoms with van der Waals surface area (Å²) >= 11 is 6.86. The first-order chi connectivity index (χ1) is 41.5. The van der Waals surface area contributed by atoms with Gasteiger partial charge in [0.25, 0.3) is 0 Å². The van der Waals surface area contributed by atoms with Gasteiger partial charge in [0.2, 0.25) is 11.8 Å². The first kappa shape index (κ1) is 70.2. The van der Waals surface area contributed by atoms with Crippen LogP contribution in [-0.4, -0.2) is 133 Å². The molecule has 2 fully saturated rings. The van der Waals surface area contributed by atoms with Gasteiger partial charge in [0.15, 0.2) is 5.78 Å². The van der Waals surface area contributed by atoms with Gasteiger partial charge in [-0.2, -0.15) is 0 Å². The van der Waals surface area contributed by atoms with Gasteiger partial charge in [0.05, 0.1) is 55.6 Å². The molecule has 22 heteroatoms. The van der Waals surface area contributed by atoms with Gasteiger partial charge in [0, 0.05) is 68.6 Å².